The number of nitrogens with zero attached hydrogens (tertiary/aromatic N) is 4. The molecule has 2 aliphatic carbocycles. The van der Waals surface area contributed by atoms with Gasteiger partial charge in [-0.05, 0) is 133 Å². The van der Waals surface area contributed by atoms with Gasteiger partial charge in [0.1, 0.15) is 23.2 Å². The molecule has 0 N–H and O–H groups in total. The second-order valence-electron chi connectivity index (χ2n) is 16.7. The van der Waals surface area contributed by atoms with E-state index in [1.807, 2.05) is 60.7 Å². The summed E-state index contributed by atoms with van der Waals surface area (Å²) < 4.78 is 27.5. The molecule has 0 amide bonds. The van der Waals surface area contributed by atoms with Crippen molar-refractivity contribution in [2.75, 3.05) is 36.0 Å². The van der Waals surface area contributed by atoms with Gasteiger partial charge in [-0.25, -0.2) is 8.78 Å². The monoisotopic (exact) mass is 816 g/mol. The van der Waals surface area contributed by atoms with Crippen LogP contribution in [-0.4, -0.2) is 47.7 Å². The van der Waals surface area contributed by atoms with Crippen molar-refractivity contribution in [3.8, 4) is 0 Å². The predicted molar refractivity (Wildman–Crippen MR) is 228 cm³/mol. The first-order chi connectivity index (χ1) is 28.1. The predicted octanol–water partition coefficient (Wildman–Crippen LogP) is 10.9. The minimum absolute atomic E-state index is 0.161. The summed E-state index contributed by atoms with van der Waals surface area (Å²) in [6, 6.07) is 28.5. The first-order valence-corrected chi connectivity index (χ1v) is 21.0. The molecule has 2 atom stereocenters. The molecular weight excluding hydrogens is 773 g/mol. The van der Waals surface area contributed by atoms with Gasteiger partial charge >= 0.3 is 0 Å². The van der Waals surface area contributed by atoms with Gasteiger partial charge in [0.2, 0.25) is 0 Å². The fourth-order valence-electron chi connectivity index (χ4n) is 9.71. The summed E-state index contributed by atoms with van der Waals surface area (Å²) >= 11 is 11.9. The minimum atomic E-state index is -0.240. The van der Waals surface area contributed by atoms with Crippen LogP contribution in [0.3, 0.4) is 0 Å². The third-order valence-corrected chi connectivity index (χ3v) is 13.8. The van der Waals surface area contributed by atoms with E-state index in [0.717, 1.165) is 109 Å². The van der Waals surface area contributed by atoms with E-state index in [0.29, 0.717) is 34.5 Å². The standard InChI is InChI=1S/2C24H22ClFN2O/c2*25-17-3-1-16(2-4-17)13-23(29)20-15-24(20)8-11-28(12-9-24)22-7-10-27-21-6-5-18(26)14-19(21)22/h2*1-7,10,14,20H,8-9,11-13,15H2/t2*20-/m10/s1. The Morgan fingerprint density at radius 2 is 0.948 bits per heavy atom. The number of benzene rings is 4. The fraction of sp³-hybridized carbons (Fsp3) is 0.333. The molecule has 6 nitrogen and oxygen atoms in total. The molecule has 296 valence electrons. The summed E-state index contributed by atoms with van der Waals surface area (Å²) in [5.74, 6) is 0.555. The largest absolute Gasteiger partial charge is 0.371 e. The molecule has 4 aromatic carbocycles. The molecule has 0 unspecified atom stereocenters. The highest BCUT2D eigenvalue weighted by Crippen LogP contribution is 2.61. The third-order valence-electron chi connectivity index (χ3n) is 13.3. The third kappa shape index (κ3) is 7.93. The maximum atomic E-state index is 13.8. The van der Waals surface area contributed by atoms with Gasteiger partial charge in [-0.1, -0.05) is 47.5 Å². The highest BCUT2D eigenvalue weighted by atomic mass is 35.5. The molecule has 2 aliphatic heterocycles. The molecule has 6 aromatic rings. The number of hydrogen-bond donors (Lipinski definition) is 0. The van der Waals surface area contributed by atoms with Crippen molar-refractivity contribution in [3.05, 3.63) is 142 Å². The van der Waals surface area contributed by atoms with Gasteiger partial charge in [0.25, 0.3) is 0 Å². The van der Waals surface area contributed by atoms with Crippen molar-refractivity contribution in [1.29, 1.82) is 0 Å². The lowest BCUT2D eigenvalue weighted by Gasteiger charge is -2.35. The van der Waals surface area contributed by atoms with Crippen LogP contribution in [0.4, 0.5) is 20.2 Å². The second kappa shape index (κ2) is 15.7. The molecule has 0 radical (unpaired) electrons. The van der Waals surface area contributed by atoms with Crippen LogP contribution >= 0.6 is 23.2 Å². The van der Waals surface area contributed by atoms with Crippen LogP contribution in [0.5, 0.6) is 0 Å². The van der Waals surface area contributed by atoms with Crippen molar-refractivity contribution in [2.45, 2.75) is 51.4 Å². The van der Waals surface area contributed by atoms with Crippen molar-refractivity contribution >= 4 is 67.9 Å². The van der Waals surface area contributed by atoms with Crippen LogP contribution < -0.4 is 9.80 Å². The Balaban J connectivity index is 0.000000150. The molecule has 4 aliphatic rings. The van der Waals surface area contributed by atoms with Crippen LogP contribution in [0.2, 0.25) is 10.0 Å². The summed E-state index contributed by atoms with van der Waals surface area (Å²) in [5.41, 5.74) is 6.08. The van der Waals surface area contributed by atoms with Gasteiger partial charge in [0.15, 0.2) is 0 Å². The van der Waals surface area contributed by atoms with Crippen LogP contribution in [-0.2, 0) is 22.4 Å². The van der Waals surface area contributed by atoms with E-state index in [-0.39, 0.29) is 34.3 Å². The van der Waals surface area contributed by atoms with E-state index in [4.69, 9.17) is 23.2 Å². The molecule has 2 spiro atoms. The van der Waals surface area contributed by atoms with Gasteiger partial charge < -0.3 is 9.80 Å². The van der Waals surface area contributed by atoms with E-state index in [9.17, 15) is 18.4 Å². The molecule has 0 bridgehead atoms. The number of carbonyl (C=O) groups is 2. The number of anilines is 2. The number of ketones is 2. The Kier molecular flexibility index (Phi) is 10.4. The number of halogens is 4. The number of fused-ring (bicyclic) bond motifs is 2. The van der Waals surface area contributed by atoms with Gasteiger partial charge in [-0.2, -0.15) is 0 Å². The molecule has 2 aromatic heterocycles. The lowest BCUT2D eigenvalue weighted by Crippen LogP contribution is -2.36. The lowest BCUT2D eigenvalue weighted by molar-refractivity contribution is -0.121. The topological polar surface area (TPSA) is 66.4 Å². The van der Waals surface area contributed by atoms with Crippen LogP contribution in [0, 0.1) is 34.3 Å². The van der Waals surface area contributed by atoms with Gasteiger partial charge in [0, 0.05) is 95.4 Å². The maximum absolute atomic E-state index is 13.8. The highest BCUT2D eigenvalue weighted by molar-refractivity contribution is 6.30. The Hall–Kier alpha value is -4.92. The molecule has 10 heteroatoms. The Morgan fingerprint density at radius 1 is 0.569 bits per heavy atom. The number of hydrogen-bond acceptors (Lipinski definition) is 6. The lowest BCUT2D eigenvalue weighted by atomic mass is 9.88. The molecule has 4 heterocycles. The van der Waals surface area contributed by atoms with Gasteiger partial charge in [-0.15, -0.1) is 0 Å². The first-order valence-electron chi connectivity index (χ1n) is 20.2. The SMILES string of the molecule is O=C(Cc1ccc(Cl)cc1)[C@@H]1CC12CCN(c1ccnc3ccc(F)cc13)CC2.O=C(Cc1ccc(Cl)cc1)[C@H]1CC12CCN(c1ccnc3ccc(F)cc13)CC2. The van der Waals surface area contributed by atoms with Crippen molar-refractivity contribution < 1.29 is 18.4 Å². The van der Waals surface area contributed by atoms with E-state index >= 15 is 0 Å². The normalized spacial score (nSPS) is 20.2. The zero-order valence-corrected chi connectivity index (χ0v) is 33.7. The first kappa shape index (κ1) is 38.6. The second-order valence-corrected chi connectivity index (χ2v) is 17.6. The van der Waals surface area contributed by atoms with Crippen molar-refractivity contribution in [3.63, 3.8) is 0 Å². The summed E-state index contributed by atoms with van der Waals surface area (Å²) in [4.78, 5) is 38.9. The van der Waals surface area contributed by atoms with Crippen molar-refractivity contribution in [1.82, 2.24) is 9.97 Å². The van der Waals surface area contributed by atoms with E-state index < -0.39 is 0 Å². The number of aromatic nitrogens is 2. The zero-order valence-electron chi connectivity index (χ0n) is 32.1. The number of rotatable bonds is 8. The quantitative estimate of drug-likeness (QED) is 0.152. The molecular formula is C48H44Cl2F2N4O2. The maximum Gasteiger partial charge on any atom is 0.140 e. The van der Waals surface area contributed by atoms with Crippen LogP contribution in [0.15, 0.2) is 109 Å². The molecule has 58 heavy (non-hydrogen) atoms. The van der Waals surface area contributed by atoms with E-state index in [1.54, 1.807) is 36.7 Å². The number of piperidine rings is 2. The van der Waals surface area contributed by atoms with Gasteiger partial charge in [0.05, 0.1) is 11.0 Å². The number of carbonyl (C=O) groups excluding carboxylic acids is 2. The summed E-state index contributed by atoms with van der Waals surface area (Å²) in [5, 5.41) is 3.10. The molecule has 2 saturated carbocycles. The average Bonchev–Trinajstić information content (AvgIpc) is 4.14. The number of pyridine rings is 2. The van der Waals surface area contributed by atoms with Crippen LogP contribution in [0.25, 0.3) is 21.8 Å². The fourth-order valence-corrected chi connectivity index (χ4v) is 9.96. The molecule has 10 rings (SSSR count). The Bertz CT molecular complexity index is 2320. The zero-order chi connectivity index (χ0) is 40.0. The van der Waals surface area contributed by atoms with E-state index in [1.165, 1.54) is 12.1 Å². The van der Waals surface area contributed by atoms with E-state index in [2.05, 4.69) is 19.8 Å². The molecule has 4 fully saturated rings. The Morgan fingerprint density at radius 3 is 1.33 bits per heavy atom. The summed E-state index contributed by atoms with van der Waals surface area (Å²) in [6.45, 7) is 3.56. The highest BCUT2D eigenvalue weighted by Gasteiger charge is 2.58. The van der Waals surface area contributed by atoms with Crippen molar-refractivity contribution in [2.24, 2.45) is 22.7 Å². The smallest absolute Gasteiger partial charge is 0.140 e. The Labute approximate surface area is 347 Å². The van der Waals surface area contributed by atoms with Gasteiger partial charge in [-0.3, -0.25) is 19.6 Å². The molecule has 2 saturated heterocycles. The van der Waals surface area contributed by atoms with Crippen LogP contribution in [0.1, 0.15) is 49.7 Å². The summed E-state index contributed by atoms with van der Waals surface area (Å²) in [7, 11) is 0. The minimum Gasteiger partial charge on any atom is -0.371 e. The number of Topliss-reactive ketones (excluding diaryl/α,β-unsaturated/α-hetero) is 2. The average molecular weight is 818 g/mol. The summed E-state index contributed by atoms with van der Waals surface area (Å²) in [6.07, 6.45) is 10.6.